The van der Waals surface area contributed by atoms with E-state index in [9.17, 15) is 4.79 Å². The van der Waals surface area contributed by atoms with E-state index in [0.717, 1.165) is 65.7 Å². The second kappa shape index (κ2) is 19.4. The van der Waals surface area contributed by atoms with Gasteiger partial charge >= 0.3 is 5.97 Å². The first-order valence-corrected chi connectivity index (χ1v) is 18.8. The number of aryl methyl sites for hydroxylation is 1. The van der Waals surface area contributed by atoms with Crippen molar-refractivity contribution in [3.63, 3.8) is 0 Å². The highest BCUT2D eigenvalue weighted by Gasteiger charge is 2.36. The summed E-state index contributed by atoms with van der Waals surface area (Å²) in [5.41, 5.74) is 2.78. The molecule has 46 heavy (non-hydrogen) atoms. The van der Waals surface area contributed by atoms with Crippen LogP contribution in [0.1, 0.15) is 128 Å². The molecule has 0 amide bonds. The molecule has 0 radical (unpaired) electrons. The van der Waals surface area contributed by atoms with Gasteiger partial charge in [-0.05, 0) is 45.4 Å². The number of fused-ring (bicyclic) bond motifs is 2. The molecule has 2 aromatic rings. The third-order valence-electron chi connectivity index (χ3n) is 9.81. The van der Waals surface area contributed by atoms with Crippen LogP contribution in [0.4, 0.5) is 16.4 Å². The Morgan fingerprint density at radius 1 is 0.935 bits per heavy atom. The summed E-state index contributed by atoms with van der Waals surface area (Å²) in [7, 11) is 2.22. The summed E-state index contributed by atoms with van der Waals surface area (Å²) >= 11 is 1.78. The number of benzene rings is 1. The molecule has 0 atom stereocenters. The van der Waals surface area contributed by atoms with Gasteiger partial charge in [0.15, 0.2) is 0 Å². The molecule has 0 spiro atoms. The van der Waals surface area contributed by atoms with E-state index in [0.29, 0.717) is 6.73 Å². The van der Waals surface area contributed by atoms with Crippen molar-refractivity contribution in [2.24, 2.45) is 10.4 Å². The van der Waals surface area contributed by atoms with Gasteiger partial charge in [-0.25, -0.2) is 4.99 Å². The molecule has 2 aliphatic heterocycles. The lowest BCUT2D eigenvalue weighted by atomic mass is 9.87. The molecule has 0 unspecified atom stereocenters. The van der Waals surface area contributed by atoms with Crippen LogP contribution in [0.3, 0.4) is 0 Å². The lowest BCUT2D eigenvalue weighted by Gasteiger charge is -2.42. The zero-order valence-electron chi connectivity index (χ0n) is 29.5. The summed E-state index contributed by atoms with van der Waals surface area (Å²) in [5.74, 6) is 0.998. The Hall–Kier alpha value is -1.65. The van der Waals surface area contributed by atoms with Crippen molar-refractivity contribution in [3.8, 4) is 0 Å². The minimum absolute atomic E-state index is 0. The predicted molar refractivity (Wildman–Crippen MR) is 192 cm³/mol. The fraction of sp³-hybridized carbons (Fsp3) is 0.684. The normalized spacial score (nSPS) is 15.6. The molecule has 1 saturated heterocycles. The van der Waals surface area contributed by atoms with Crippen LogP contribution in [-0.2, 0) is 9.53 Å². The van der Waals surface area contributed by atoms with Crippen LogP contribution in [0.2, 0.25) is 0 Å². The Labute approximate surface area is 301 Å². The molecule has 1 aromatic heterocycles. The molecule has 8 heteroatoms. The first-order chi connectivity index (χ1) is 21.7. The number of carbonyl (C=O) groups excluding carboxylic acids is 1. The van der Waals surface area contributed by atoms with Gasteiger partial charge in [0.25, 0.3) is 0 Å². The second-order valence-corrected chi connectivity index (χ2v) is 15.8. The van der Waals surface area contributed by atoms with E-state index < -0.39 is 5.41 Å². The minimum Gasteiger partial charge on any atom is -1.00 e. The van der Waals surface area contributed by atoms with Gasteiger partial charge in [-0.15, -0.1) is 11.3 Å². The van der Waals surface area contributed by atoms with Crippen LogP contribution in [0.15, 0.2) is 35.3 Å². The van der Waals surface area contributed by atoms with Crippen LogP contribution in [0, 0.1) is 12.3 Å². The first kappa shape index (κ1) is 38.8. The number of carbonyl (C=O) groups is 1. The van der Waals surface area contributed by atoms with Crippen LogP contribution < -0.4 is 29.3 Å². The smallest absolute Gasteiger partial charge is 0.315 e. The average Bonchev–Trinajstić information content (AvgIpc) is 3.31. The molecule has 1 fully saturated rings. The van der Waals surface area contributed by atoms with Crippen LogP contribution in [-0.4, -0.2) is 61.1 Å². The summed E-state index contributed by atoms with van der Waals surface area (Å²) in [6.45, 7) is 12.6. The fourth-order valence-electron chi connectivity index (χ4n) is 6.55. The van der Waals surface area contributed by atoms with E-state index in [1.54, 1.807) is 11.3 Å². The molecular weight excluding hydrogens is 703 g/mol. The molecule has 1 N–H and O–H groups in total. The lowest BCUT2D eigenvalue weighted by Crippen LogP contribution is -3.00. The number of para-hydroxylation sites is 2. The number of halogens is 1. The van der Waals surface area contributed by atoms with E-state index in [4.69, 9.17) is 9.73 Å². The molecule has 0 bridgehead atoms. The number of nitrogens with one attached hydrogen (secondary N) is 1. The average molecular weight is 765 g/mol. The van der Waals surface area contributed by atoms with Gasteiger partial charge in [0.05, 0.1) is 55.6 Å². The maximum atomic E-state index is 13.2. The number of unbranched alkanes of at least 4 members (excludes halogenated alkanes) is 13. The Kier molecular flexibility index (Phi) is 16.3. The lowest BCUT2D eigenvalue weighted by molar-refractivity contribution is -0.929. The number of quaternary nitrogens is 1. The zero-order chi connectivity index (χ0) is 32.1. The molecule has 2 aliphatic rings. The number of piperazine rings is 1. The standard InChI is InChI=1S/C38H61N4O2S.HI/c1-6-7-8-9-10-11-12-13-14-15-16-17-18-21-24-38(3,4)37(43)44-30-42(5)27-25-41(26-28-42)35-32-29-31(2)45-36(32)40-34-23-20-19-22-33(34)39-35;/h19-20,22-23,29,40H,6-18,21,24-28,30H2,1-5H3;1H/q+1;/p-1. The zero-order valence-corrected chi connectivity index (χ0v) is 32.4. The third-order valence-corrected chi connectivity index (χ3v) is 10.8. The molecular formula is C38H61IN4O2S. The van der Waals surface area contributed by atoms with Gasteiger partial charge in [-0.2, -0.15) is 0 Å². The number of thiophene rings is 1. The van der Waals surface area contributed by atoms with Gasteiger partial charge in [0.2, 0.25) is 6.73 Å². The number of aliphatic imine (C=N–C) groups is 1. The van der Waals surface area contributed by atoms with Gasteiger partial charge in [0.1, 0.15) is 10.8 Å². The van der Waals surface area contributed by atoms with Crippen molar-refractivity contribution in [2.45, 2.75) is 124 Å². The molecule has 6 nitrogen and oxygen atoms in total. The molecule has 258 valence electrons. The molecule has 0 aliphatic carbocycles. The van der Waals surface area contributed by atoms with Gasteiger partial charge in [-0.1, -0.05) is 109 Å². The van der Waals surface area contributed by atoms with Gasteiger partial charge < -0.3 is 38.9 Å². The summed E-state index contributed by atoms with van der Waals surface area (Å²) in [4.78, 5) is 22.0. The first-order valence-electron chi connectivity index (χ1n) is 18.0. The summed E-state index contributed by atoms with van der Waals surface area (Å²) in [5, 5.41) is 4.77. The van der Waals surface area contributed by atoms with Gasteiger partial charge in [0, 0.05) is 4.88 Å². The SMILES string of the molecule is CCCCCCCCCCCCCCCCC(C)(C)C(=O)OC[N+]1(C)CCN(C2=Nc3ccccc3Nc3sc(C)cc32)CC1.[I-]. The maximum absolute atomic E-state index is 13.2. The van der Waals surface area contributed by atoms with Crippen molar-refractivity contribution in [2.75, 3.05) is 45.3 Å². The van der Waals surface area contributed by atoms with E-state index in [1.165, 1.54) is 93.9 Å². The minimum atomic E-state index is -0.430. The number of nitrogens with zero attached hydrogens (tertiary/aromatic N) is 3. The van der Waals surface area contributed by atoms with Crippen molar-refractivity contribution < 1.29 is 38.0 Å². The molecule has 1 aromatic carbocycles. The number of esters is 1. The molecule has 0 saturated carbocycles. The fourth-order valence-corrected chi connectivity index (χ4v) is 7.47. The summed E-state index contributed by atoms with van der Waals surface area (Å²) < 4.78 is 6.75. The number of likely N-dealkylation sites (N-methyl/N-ethyl adjacent to an activating group) is 1. The van der Waals surface area contributed by atoms with Crippen molar-refractivity contribution in [1.82, 2.24) is 4.90 Å². The Bertz CT molecular complexity index is 1240. The van der Waals surface area contributed by atoms with Crippen LogP contribution in [0.25, 0.3) is 0 Å². The number of amidine groups is 1. The highest BCUT2D eigenvalue weighted by atomic mass is 127. The largest absolute Gasteiger partial charge is 1.00 e. The number of hydrogen-bond donors (Lipinski definition) is 1. The summed E-state index contributed by atoms with van der Waals surface area (Å²) in [6, 6.07) is 10.5. The maximum Gasteiger partial charge on any atom is 0.315 e. The third kappa shape index (κ3) is 11.8. The summed E-state index contributed by atoms with van der Waals surface area (Å²) in [6.07, 6.45) is 19.8. The van der Waals surface area contributed by atoms with Crippen molar-refractivity contribution in [1.29, 1.82) is 0 Å². The van der Waals surface area contributed by atoms with E-state index >= 15 is 0 Å². The van der Waals surface area contributed by atoms with Gasteiger partial charge in [-0.3, -0.25) is 9.28 Å². The predicted octanol–water partition coefficient (Wildman–Crippen LogP) is 7.36. The Morgan fingerprint density at radius 3 is 2.11 bits per heavy atom. The van der Waals surface area contributed by atoms with Crippen LogP contribution >= 0.6 is 11.3 Å². The molecule has 3 heterocycles. The number of hydrogen-bond acceptors (Lipinski definition) is 6. The Morgan fingerprint density at radius 2 is 1.50 bits per heavy atom. The Balaban J connectivity index is 0.00000576. The molecule has 4 rings (SSSR count). The topological polar surface area (TPSA) is 53.9 Å². The number of rotatable bonds is 18. The van der Waals surface area contributed by atoms with Crippen LogP contribution in [0.5, 0.6) is 0 Å². The second-order valence-electron chi connectivity index (χ2n) is 14.5. The highest BCUT2D eigenvalue weighted by molar-refractivity contribution is 7.16. The van der Waals surface area contributed by atoms with E-state index in [-0.39, 0.29) is 29.9 Å². The highest BCUT2D eigenvalue weighted by Crippen LogP contribution is 2.39. The van der Waals surface area contributed by atoms with Crippen molar-refractivity contribution >= 4 is 39.5 Å². The van der Waals surface area contributed by atoms with E-state index in [1.807, 2.05) is 6.07 Å². The quantitative estimate of drug-likeness (QED) is 0.0747. The number of ether oxygens (including phenoxy) is 1. The number of anilines is 2. The monoisotopic (exact) mass is 764 g/mol. The van der Waals surface area contributed by atoms with E-state index in [2.05, 4.69) is 69.2 Å². The van der Waals surface area contributed by atoms with Crippen molar-refractivity contribution in [3.05, 3.63) is 40.8 Å².